The average molecular weight is 303 g/mol. The predicted molar refractivity (Wildman–Crippen MR) is 86.7 cm³/mol. The fraction of sp³-hybridized carbons (Fsp3) is 0.588. The molecule has 1 N–H and O–H groups in total. The Morgan fingerprint density at radius 1 is 1.23 bits per heavy atom. The number of H-pyrrole nitrogens is 1. The number of hydrogen-bond acceptors (Lipinski definition) is 3. The molecule has 1 heterocycles. The van der Waals surface area contributed by atoms with E-state index in [9.17, 15) is 9.59 Å². The number of hydrogen-bond donors (Lipinski definition) is 1. The summed E-state index contributed by atoms with van der Waals surface area (Å²) in [6.45, 7) is 9.26. The maximum absolute atomic E-state index is 12.3. The first-order valence-electron chi connectivity index (χ1n) is 7.86. The molecule has 5 heteroatoms. The van der Waals surface area contributed by atoms with Crippen molar-refractivity contribution in [3.8, 4) is 6.07 Å². The van der Waals surface area contributed by atoms with Gasteiger partial charge in [0.05, 0.1) is 0 Å². The number of aromatic amines is 1. The minimum absolute atomic E-state index is 0.132. The van der Waals surface area contributed by atoms with Gasteiger partial charge in [0.1, 0.15) is 11.6 Å². The minimum atomic E-state index is -0.355. The summed E-state index contributed by atoms with van der Waals surface area (Å²) in [4.78, 5) is 28.6. The lowest BCUT2D eigenvalue weighted by atomic mass is 9.99. The zero-order valence-electron chi connectivity index (χ0n) is 14.0. The third-order valence-electron chi connectivity index (χ3n) is 3.85. The molecule has 0 saturated carbocycles. The van der Waals surface area contributed by atoms with Crippen LogP contribution in [0.4, 0.5) is 0 Å². The zero-order chi connectivity index (χ0) is 16.7. The number of aryl methyl sites for hydroxylation is 1. The van der Waals surface area contributed by atoms with Gasteiger partial charge in [0.2, 0.25) is 5.91 Å². The number of carbonyl (C=O) groups excluding carboxylic acids is 1. The SMILES string of the molecule is CCCN(CCC)C(=O)CCc1c(C)[nH]c(=O)c(C#N)c1C. The van der Waals surface area contributed by atoms with Crippen molar-refractivity contribution in [3.63, 3.8) is 0 Å². The van der Waals surface area contributed by atoms with Crippen LogP contribution in [0.1, 0.15) is 55.5 Å². The van der Waals surface area contributed by atoms with Gasteiger partial charge in [-0.15, -0.1) is 0 Å². The van der Waals surface area contributed by atoms with Crippen molar-refractivity contribution in [2.75, 3.05) is 13.1 Å². The number of nitrogens with one attached hydrogen (secondary N) is 1. The molecule has 0 bridgehead atoms. The highest BCUT2D eigenvalue weighted by Gasteiger charge is 2.16. The molecule has 1 aromatic heterocycles. The summed E-state index contributed by atoms with van der Waals surface area (Å²) in [7, 11) is 0. The summed E-state index contributed by atoms with van der Waals surface area (Å²) in [5.41, 5.74) is 2.12. The average Bonchev–Trinajstić information content (AvgIpc) is 2.46. The molecule has 22 heavy (non-hydrogen) atoms. The monoisotopic (exact) mass is 303 g/mol. The fourth-order valence-corrected chi connectivity index (χ4v) is 2.71. The number of pyridine rings is 1. The molecule has 0 aliphatic heterocycles. The van der Waals surface area contributed by atoms with E-state index in [-0.39, 0.29) is 17.0 Å². The Morgan fingerprint density at radius 3 is 2.32 bits per heavy atom. The van der Waals surface area contributed by atoms with Crippen LogP contribution in [0.2, 0.25) is 0 Å². The molecule has 0 aliphatic carbocycles. The summed E-state index contributed by atoms with van der Waals surface area (Å²) < 4.78 is 0. The van der Waals surface area contributed by atoms with Gasteiger partial charge in [-0.1, -0.05) is 13.8 Å². The fourth-order valence-electron chi connectivity index (χ4n) is 2.71. The first kappa shape index (κ1) is 18.0. The third-order valence-corrected chi connectivity index (χ3v) is 3.85. The Labute approximate surface area is 132 Å². The van der Waals surface area contributed by atoms with Crippen LogP contribution < -0.4 is 5.56 Å². The summed E-state index contributed by atoms with van der Waals surface area (Å²) in [5, 5.41) is 9.08. The number of nitrogens with zero attached hydrogens (tertiary/aromatic N) is 2. The van der Waals surface area contributed by atoms with E-state index in [1.807, 2.05) is 17.9 Å². The second kappa shape index (κ2) is 8.38. The van der Waals surface area contributed by atoms with Crippen molar-refractivity contribution < 1.29 is 4.79 Å². The molecule has 1 rings (SSSR count). The van der Waals surface area contributed by atoms with Crippen LogP contribution >= 0.6 is 0 Å². The molecule has 0 aliphatic rings. The first-order valence-corrected chi connectivity index (χ1v) is 7.86. The highest BCUT2D eigenvalue weighted by molar-refractivity contribution is 5.76. The highest BCUT2D eigenvalue weighted by atomic mass is 16.2. The first-order chi connectivity index (χ1) is 10.5. The van der Waals surface area contributed by atoms with E-state index >= 15 is 0 Å². The standard InChI is InChI=1S/C17H25N3O2/c1-5-9-20(10-6-2)16(21)8-7-14-12(3)15(11-18)17(22)19-13(14)4/h5-10H2,1-4H3,(H,19,22). The molecule has 0 radical (unpaired) electrons. The molecule has 120 valence electrons. The van der Waals surface area contributed by atoms with Gasteiger partial charge in [0.25, 0.3) is 5.56 Å². The van der Waals surface area contributed by atoms with Crippen LogP contribution in [-0.4, -0.2) is 28.9 Å². The summed E-state index contributed by atoms with van der Waals surface area (Å²) in [6, 6.07) is 1.94. The van der Waals surface area contributed by atoms with Crippen molar-refractivity contribution >= 4 is 5.91 Å². The van der Waals surface area contributed by atoms with Gasteiger partial charge < -0.3 is 9.88 Å². The molecule has 1 aromatic rings. The normalized spacial score (nSPS) is 10.3. The molecule has 5 nitrogen and oxygen atoms in total. The smallest absolute Gasteiger partial charge is 0.266 e. The van der Waals surface area contributed by atoms with Crippen LogP contribution in [0.15, 0.2) is 4.79 Å². The number of nitriles is 1. The maximum Gasteiger partial charge on any atom is 0.266 e. The molecule has 0 fully saturated rings. The van der Waals surface area contributed by atoms with Crippen molar-refractivity contribution in [3.05, 3.63) is 32.7 Å². The van der Waals surface area contributed by atoms with Crippen LogP contribution in [0.3, 0.4) is 0 Å². The topological polar surface area (TPSA) is 77.0 Å². The predicted octanol–water partition coefficient (Wildman–Crippen LogP) is 2.44. The van der Waals surface area contributed by atoms with E-state index in [0.29, 0.717) is 18.4 Å². The van der Waals surface area contributed by atoms with Gasteiger partial charge in [-0.2, -0.15) is 5.26 Å². The molecule has 0 spiro atoms. The van der Waals surface area contributed by atoms with E-state index in [1.54, 1.807) is 6.92 Å². The van der Waals surface area contributed by atoms with E-state index < -0.39 is 0 Å². The number of rotatable bonds is 7. The van der Waals surface area contributed by atoms with Gasteiger partial charge in [-0.05, 0) is 44.2 Å². The van der Waals surface area contributed by atoms with Crippen LogP contribution in [0, 0.1) is 25.2 Å². The lowest BCUT2D eigenvalue weighted by Gasteiger charge is -2.22. The van der Waals surface area contributed by atoms with Crippen molar-refractivity contribution in [1.82, 2.24) is 9.88 Å². The van der Waals surface area contributed by atoms with Crippen molar-refractivity contribution in [1.29, 1.82) is 5.26 Å². The Morgan fingerprint density at radius 2 is 1.82 bits per heavy atom. The van der Waals surface area contributed by atoms with E-state index in [2.05, 4.69) is 18.8 Å². The molecular weight excluding hydrogens is 278 g/mol. The molecule has 0 aromatic carbocycles. The number of amides is 1. The van der Waals surface area contributed by atoms with Crippen LogP contribution in [-0.2, 0) is 11.2 Å². The van der Waals surface area contributed by atoms with Crippen molar-refractivity contribution in [2.24, 2.45) is 0 Å². The van der Waals surface area contributed by atoms with Crippen LogP contribution in [0.25, 0.3) is 0 Å². The lowest BCUT2D eigenvalue weighted by Crippen LogP contribution is -2.32. The van der Waals surface area contributed by atoms with Crippen LogP contribution in [0.5, 0.6) is 0 Å². The van der Waals surface area contributed by atoms with E-state index in [4.69, 9.17) is 5.26 Å². The molecule has 1 amide bonds. The second-order valence-corrected chi connectivity index (χ2v) is 5.55. The molecular formula is C17H25N3O2. The Balaban J connectivity index is 2.90. The second-order valence-electron chi connectivity index (χ2n) is 5.55. The van der Waals surface area contributed by atoms with Gasteiger partial charge in [0, 0.05) is 25.2 Å². The largest absolute Gasteiger partial charge is 0.343 e. The Bertz CT molecular complexity index is 620. The summed E-state index contributed by atoms with van der Waals surface area (Å²) in [5.74, 6) is 0.132. The highest BCUT2D eigenvalue weighted by Crippen LogP contribution is 2.15. The van der Waals surface area contributed by atoms with E-state index in [0.717, 1.165) is 37.2 Å². The lowest BCUT2D eigenvalue weighted by molar-refractivity contribution is -0.131. The molecule has 0 saturated heterocycles. The summed E-state index contributed by atoms with van der Waals surface area (Å²) in [6.07, 6.45) is 2.84. The summed E-state index contributed by atoms with van der Waals surface area (Å²) >= 11 is 0. The van der Waals surface area contributed by atoms with Gasteiger partial charge in [-0.3, -0.25) is 9.59 Å². The quantitative estimate of drug-likeness (QED) is 0.840. The number of carbonyl (C=O) groups is 1. The zero-order valence-corrected chi connectivity index (χ0v) is 14.0. The van der Waals surface area contributed by atoms with Gasteiger partial charge in [-0.25, -0.2) is 0 Å². The van der Waals surface area contributed by atoms with Gasteiger partial charge >= 0.3 is 0 Å². The van der Waals surface area contributed by atoms with E-state index in [1.165, 1.54) is 0 Å². The molecule has 0 unspecified atom stereocenters. The third kappa shape index (κ3) is 4.20. The van der Waals surface area contributed by atoms with Crippen molar-refractivity contribution in [2.45, 2.75) is 53.4 Å². The molecule has 0 atom stereocenters. The Hall–Kier alpha value is -2.09. The van der Waals surface area contributed by atoms with Gasteiger partial charge in [0.15, 0.2) is 0 Å². The Kier molecular flexibility index (Phi) is 6.84. The number of aromatic nitrogens is 1. The maximum atomic E-state index is 12.3. The minimum Gasteiger partial charge on any atom is -0.343 e.